The first-order valence-corrected chi connectivity index (χ1v) is 10.1. The molecule has 27 heavy (non-hydrogen) atoms. The van der Waals surface area contributed by atoms with Gasteiger partial charge in [0.15, 0.2) is 0 Å². The lowest BCUT2D eigenvalue weighted by atomic mass is 9.83. The van der Waals surface area contributed by atoms with Crippen molar-refractivity contribution in [2.75, 3.05) is 11.9 Å². The average molecular weight is 387 g/mol. The first-order chi connectivity index (χ1) is 12.8. The lowest BCUT2D eigenvalue weighted by Crippen LogP contribution is -2.53. The molecule has 1 fully saturated rings. The van der Waals surface area contributed by atoms with Gasteiger partial charge in [-0.3, -0.25) is 5.43 Å². The van der Waals surface area contributed by atoms with E-state index in [9.17, 15) is 0 Å². The number of hydrazine groups is 1. The molecule has 1 heterocycles. The summed E-state index contributed by atoms with van der Waals surface area (Å²) in [4.78, 5) is 0. The van der Waals surface area contributed by atoms with Crippen molar-refractivity contribution in [2.24, 2.45) is 11.1 Å². The van der Waals surface area contributed by atoms with Crippen LogP contribution in [0.3, 0.4) is 0 Å². The van der Waals surface area contributed by atoms with E-state index >= 15 is 0 Å². The second-order valence-corrected chi connectivity index (χ2v) is 8.82. The summed E-state index contributed by atoms with van der Waals surface area (Å²) in [7, 11) is 0. The standard InChI is InChI=1S/C22H31ClN4/c1-22(2,3)20-13-8-14-27(26-20)15-16-9-4-7-12-19(16)25-21(24)17-10-5-6-11-18(17)23/h4-7,9-12,20-21,25-26H,8,13-15,24H2,1-3H3. The van der Waals surface area contributed by atoms with Crippen LogP contribution in [0.1, 0.15) is 50.9 Å². The van der Waals surface area contributed by atoms with Crippen LogP contribution in [0.2, 0.25) is 5.02 Å². The Kier molecular flexibility index (Phi) is 6.43. The van der Waals surface area contributed by atoms with Gasteiger partial charge in [0.25, 0.3) is 0 Å². The third-order valence-electron chi connectivity index (χ3n) is 5.23. The number of para-hydroxylation sites is 1. The van der Waals surface area contributed by atoms with Gasteiger partial charge in [0, 0.05) is 35.4 Å². The van der Waals surface area contributed by atoms with Crippen molar-refractivity contribution in [3.63, 3.8) is 0 Å². The molecule has 0 bridgehead atoms. The number of rotatable bonds is 5. The van der Waals surface area contributed by atoms with E-state index in [0.717, 1.165) is 24.3 Å². The highest BCUT2D eigenvalue weighted by Crippen LogP contribution is 2.28. The molecule has 1 aliphatic heterocycles. The first kappa shape index (κ1) is 20.2. The van der Waals surface area contributed by atoms with Crippen LogP contribution < -0.4 is 16.5 Å². The van der Waals surface area contributed by atoms with E-state index in [1.165, 1.54) is 18.4 Å². The summed E-state index contributed by atoms with van der Waals surface area (Å²) in [5.41, 5.74) is 13.5. The number of nitrogens with two attached hydrogens (primary N) is 1. The predicted octanol–water partition coefficient (Wildman–Crippen LogP) is 4.92. The van der Waals surface area contributed by atoms with Crippen LogP contribution in [-0.2, 0) is 6.54 Å². The minimum atomic E-state index is -0.350. The third-order valence-corrected chi connectivity index (χ3v) is 5.58. The van der Waals surface area contributed by atoms with Crippen molar-refractivity contribution in [3.05, 3.63) is 64.7 Å². The molecule has 5 heteroatoms. The molecule has 3 rings (SSSR count). The van der Waals surface area contributed by atoms with Gasteiger partial charge in [0.2, 0.25) is 0 Å². The van der Waals surface area contributed by atoms with Crippen LogP contribution in [-0.4, -0.2) is 17.6 Å². The molecule has 0 radical (unpaired) electrons. The summed E-state index contributed by atoms with van der Waals surface area (Å²) < 4.78 is 0. The average Bonchev–Trinajstić information content (AvgIpc) is 2.63. The van der Waals surface area contributed by atoms with Gasteiger partial charge in [-0.1, -0.05) is 68.8 Å². The molecule has 1 saturated heterocycles. The Morgan fingerprint density at radius 1 is 1.19 bits per heavy atom. The Morgan fingerprint density at radius 2 is 1.89 bits per heavy atom. The smallest absolute Gasteiger partial charge is 0.102 e. The minimum absolute atomic E-state index is 0.253. The zero-order chi connectivity index (χ0) is 19.4. The molecular weight excluding hydrogens is 356 g/mol. The summed E-state index contributed by atoms with van der Waals surface area (Å²) in [5, 5.41) is 6.45. The molecule has 1 aliphatic rings. The number of benzene rings is 2. The maximum absolute atomic E-state index is 6.38. The number of nitrogens with one attached hydrogen (secondary N) is 2. The fourth-order valence-corrected chi connectivity index (χ4v) is 3.82. The molecule has 4 N–H and O–H groups in total. The van der Waals surface area contributed by atoms with E-state index in [1.807, 2.05) is 30.3 Å². The van der Waals surface area contributed by atoms with E-state index in [1.54, 1.807) is 0 Å². The molecule has 2 atom stereocenters. The number of hydrogen-bond donors (Lipinski definition) is 3. The van der Waals surface area contributed by atoms with Gasteiger partial charge in [0.1, 0.15) is 6.17 Å². The Hall–Kier alpha value is -1.59. The lowest BCUT2D eigenvalue weighted by Gasteiger charge is -2.41. The predicted molar refractivity (Wildman–Crippen MR) is 114 cm³/mol. The quantitative estimate of drug-likeness (QED) is 0.638. The molecule has 0 spiro atoms. The van der Waals surface area contributed by atoms with E-state index < -0.39 is 0 Å². The van der Waals surface area contributed by atoms with Crippen LogP contribution in [0, 0.1) is 5.41 Å². The molecule has 2 aromatic rings. The van der Waals surface area contributed by atoms with Gasteiger partial charge in [0.05, 0.1) is 0 Å². The second kappa shape index (κ2) is 8.61. The topological polar surface area (TPSA) is 53.3 Å². The highest BCUT2D eigenvalue weighted by molar-refractivity contribution is 6.31. The molecule has 4 nitrogen and oxygen atoms in total. The summed E-state index contributed by atoms with van der Waals surface area (Å²) in [6, 6.07) is 16.5. The largest absolute Gasteiger partial charge is 0.366 e. The van der Waals surface area contributed by atoms with Crippen LogP contribution in [0.5, 0.6) is 0 Å². The zero-order valence-electron chi connectivity index (χ0n) is 16.5. The van der Waals surface area contributed by atoms with Gasteiger partial charge >= 0.3 is 0 Å². The fourth-order valence-electron chi connectivity index (χ4n) is 3.56. The molecule has 0 saturated carbocycles. The Morgan fingerprint density at radius 3 is 2.63 bits per heavy atom. The highest BCUT2D eigenvalue weighted by atomic mass is 35.5. The van der Waals surface area contributed by atoms with Gasteiger partial charge in [-0.15, -0.1) is 0 Å². The molecule has 2 aromatic carbocycles. The van der Waals surface area contributed by atoms with Gasteiger partial charge in [-0.2, -0.15) is 0 Å². The van der Waals surface area contributed by atoms with Crippen molar-refractivity contribution < 1.29 is 0 Å². The van der Waals surface area contributed by atoms with E-state index in [4.69, 9.17) is 17.3 Å². The van der Waals surface area contributed by atoms with Crippen LogP contribution in [0.15, 0.2) is 48.5 Å². The van der Waals surface area contributed by atoms with Crippen molar-refractivity contribution in [1.82, 2.24) is 10.4 Å². The molecular formula is C22H31ClN4. The summed E-state index contributed by atoms with van der Waals surface area (Å²) >= 11 is 6.30. The SMILES string of the molecule is CC(C)(C)C1CCCN(Cc2ccccc2NC(N)c2ccccc2Cl)N1. The van der Waals surface area contributed by atoms with Crippen molar-refractivity contribution in [2.45, 2.75) is 52.4 Å². The van der Waals surface area contributed by atoms with E-state index in [2.05, 4.69) is 54.7 Å². The van der Waals surface area contributed by atoms with Crippen molar-refractivity contribution in [1.29, 1.82) is 0 Å². The summed E-state index contributed by atoms with van der Waals surface area (Å²) in [6.07, 6.45) is 2.08. The third kappa shape index (κ3) is 5.23. The maximum Gasteiger partial charge on any atom is 0.102 e. The minimum Gasteiger partial charge on any atom is -0.366 e. The zero-order valence-corrected chi connectivity index (χ0v) is 17.3. The van der Waals surface area contributed by atoms with E-state index in [0.29, 0.717) is 11.1 Å². The molecule has 146 valence electrons. The van der Waals surface area contributed by atoms with Crippen LogP contribution in [0.4, 0.5) is 5.69 Å². The summed E-state index contributed by atoms with van der Waals surface area (Å²) in [6.45, 7) is 8.79. The Balaban J connectivity index is 1.72. The molecule has 0 aromatic heterocycles. The van der Waals surface area contributed by atoms with Gasteiger partial charge < -0.3 is 11.1 Å². The lowest BCUT2D eigenvalue weighted by molar-refractivity contribution is 0.0565. The molecule has 0 aliphatic carbocycles. The Labute approximate surface area is 168 Å². The van der Waals surface area contributed by atoms with Crippen LogP contribution in [0.25, 0.3) is 0 Å². The highest BCUT2D eigenvalue weighted by Gasteiger charge is 2.29. The number of halogens is 1. The number of anilines is 1. The normalized spacial score (nSPS) is 19.7. The van der Waals surface area contributed by atoms with Gasteiger partial charge in [-0.05, 0) is 36.0 Å². The maximum atomic E-state index is 6.38. The fraction of sp³-hybridized carbons (Fsp3) is 0.455. The Bertz CT molecular complexity index is 756. The number of hydrogen-bond acceptors (Lipinski definition) is 4. The van der Waals surface area contributed by atoms with E-state index in [-0.39, 0.29) is 11.6 Å². The van der Waals surface area contributed by atoms with Crippen LogP contribution >= 0.6 is 11.6 Å². The first-order valence-electron chi connectivity index (χ1n) is 9.70. The van der Waals surface area contributed by atoms with Crippen molar-refractivity contribution >= 4 is 17.3 Å². The second-order valence-electron chi connectivity index (χ2n) is 8.41. The van der Waals surface area contributed by atoms with Crippen molar-refractivity contribution in [3.8, 4) is 0 Å². The molecule has 0 amide bonds. The monoisotopic (exact) mass is 386 g/mol. The number of nitrogens with zero attached hydrogens (tertiary/aromatic N) is 1. The summed E-state index contributed by atoms with van der Waals surface area (Å²) in [5.74, 6) is 0. The molecule has 2 unspecified atom stereocenters. The van der Waals surface area contributed by atoms with Gasteiger partial charge in [-0.25, -0.2) is 5.01 Å².